The number of phenolic OH excluding ortho intramolecular Hbond substituents is 1. The highest BCUT2D eigenvalue weighted by molar-refractivity contribution is 6.10. The van der Waals surface area contributed by atoms with Crippen LogP contribution >= 0.6 is 0 Å². The number of carbonyl (C=O) groups excluding carboxylic acids is 5. The molecule has 21 heteroatoms. The number of carboxylic acids is 1. The highest BCUT2D eigenvalue weighted by Crippen LogP contribution is 2.40. The highest BCUT2D eigenvalue weighted by Gasteiger charge is 2.26. The van der Waals surface area contributed by atoms with Crippen LogP contribution < -0.4 is 36.1 Å². The van der Waals surface area contributed by atoms with Crippen LogP contribution in [0.5, 0.6) is 23.0 Å². The molecule has 6 aromatic rings. The van der Waals surface area contributed by atoms with E-state index in [1.165, 1.54) is 74.1 Å². The Hall–Kier alpha value is -8.88. The van der Waals surface area contributed by atoms with Crippen LogP contribution in [0.3, 0.4) is 0 Å². The van der Waals surface area contributed by atoms with E-state index >= 15 is 0 Å². The van der Waals surface area contributed by atoms with Gasteiger partial charge in [-0.15, -0.1) is 0 Å². The number of phenols is 2. The Bertz CT molecular complexity index is 2660. The summed E-state index contributed by atoms with van der Waals surface area (Å²) in [6, 6.07) is 15.6. The Morgan fingerprint density at radius 3 is 1.79 bits per heavy atom. The molecule has 1 unspecified atom stereocenters. The van der Waals surface area contributed by atoms with Gasteiger partial charge in [0.05, 0.1) is 54.9 Å². The molecule has 3 heterocycles. The molecule has 62 heavy (non-hydrogen) atoms. The van der Waals surface area contributed by atoms with Crippen LogP contribution in [0, 0.1) is 6.92 Å². The number of pyridine rings is 2. The van der Waals surface area contributed by atoms with E-state index in [0.29, 0.717) is 11.4 Å². The summed E-state index contributed by atoms with van der Waals surface area (Å²) in [5.41, 5.74) is 1.24. The van der Waals surface area contributed by atoms with Gasteiger partial charge in [-0.1, -0.05) is 6.07 Å². The normalized spacial score (nSPS) is 11.1. The van der Waals surface area contributed by atoms with Crippen molar-refractivity contribution in [1.82, 2.24) is 30.7 Å². The molecule has 0 radical (unpaired) electrons. The van der Waals surface area contributed by atoms with Crippen LogP contribution in [-0.4, -0.2) is 96.5 Å². The summed E-state index contributed by atoms with van der Waals surface area (Å²) in [5.74, 6) is -6.75. The summed E-state index contributed by atoms with van der Waals surface area (Å²) in [4.78, 5) is 85.3. The first kappa shape index (κ1) is 42.7. The second-order valence-corrected chi connectivity index (χ2v) is 13.2. The number of ether oxygens (including phenoxy) is 2. The van der Waals surface area contributed by atoms with Crippen LogP contribution in [0.4, 0.5) is 22.7 Å². The molecule has 0 saturated heterocycles. The number of benzene rings is 3. The molecule has 1 atom stereocenters. The zero-order valence-corrected chi connectivity index (χ0v) is 32.8. The number of nitrogens with one attached hydrogen (secondary N) is 6. The molecule has 3 aromatic heterocycles. The molecule has 0 aliphatic carbocycles. The molecule has 9 N–H and O–H groups in total. The Kier molecular flexibility index (Phi) is 13.0. The molecule has 0 aliphatic heterocycles. The number of aryl methyl sites for hydroxylation is 1. The van der Waals surface area contributed by atoms with Crippen LogP contribution in [0.15, 0.2) is 91.4 Å². The van der Waals surface area contributed by atoms with Crippen molar-refractivity contribution in [3.8, 4) is 23.0 Å². The lowest BCUT2D eigenvalue weighted by molar-refractivity contribution is -0.118. The van der Waals surface area contributed by atoms with Gasteiger partial charge in [0, 0.05) is 23.9 Å². The Labute approximate surface area is 350 Å². The lowest BCUT2D eigenvalue weighted by atomic mass is 10.1. The zero-order chi connectivity index (χ0) is 44.5. The maximum absolute atomic E-state index is 13.5. The first-order chi connectivity index (χ1) is 29.8. The monoisotopic (exact) mass is 844 g/mol. The summed E-state index contributed by atoms with van der Waals surface area (Å²) in [5, 5.41) is 53.7. The number of aromatic amines is 1. The van der Waals surface area contributed by atoms with Gasteiger partial charge in [0.1, 0.15) is 23.0 Å². The Morgan fingerprint density at radius 1 is 0.645 bits per heavy atom. The molecule has 0 saturated carbocycles. The van der Waals surface area contributed by atoms with Crippen LogP contribution in [0.25, 0.3) is 0 Å². The fourth-order valence-electron chi connectivity index (χ4n) is 5.80. The quantitative estimate of drug-likeness (QED) is 0.0711. The number of H-pyrrole nitrogens is 1. The number of anilines is 4. The Balaban J connectivity index is 1.09. The van der Waals surface area contributed by atoms with E-state index in [1.54, 1.807) is 18.3 Å². The third-order valence-electron chi connectivity index (χ3n) is 8.96. The van der Waals surface area contributed by atoms with Gasteiger partial charge >= 0.3 is 5.97 Å². The van der Waals surface area contributed by atoms with Crippen LogP contribution in [-0.2, 0) is 11.2 Å². The van der Waals surface area contributed by atoms with Crippen molar-refractivity contribution in [2.75, 3.05) is 35.5 Å². The van der Waals surface area contributed by atoms with Gasteiger partial charge in [-0.25, -0.2) is 9.78 Å². The largest absolute Gasteiger partial charge is 0.504 e. The smallest absolute Gasteiger partial charge is 0.339 e. The number of carbonyl (C=O) groups is 6. The Morgan fingerprint density at radius 2 is 1.23 bits per heavy atom. The molecule has 21 nitrogen and oxygen atoms in total. The van der Waals surface area contributed by atoms with Gasteiger partial charge < -0.3 is 51.4 Å². The van der Waals surface area contributed by atoms with E-state index in [2.05, 4.69) is 52.0 Å². The number of rotatable bonds is 15. The predicted molar refractivity (Wildman–Crippen MR) is 220 cm³/mol. The zero-order valence-electron chi connectivity index (χ0n) is 32.8. The van der Waals surface area contributed by atoms with E-state index in [4.69, 9.17) is 9.47 Å². The third-order valence-corrected chi connectivity index (χ3v) is 8.96. The van der Waals surface area contributed by atoms with E-state index < -0.39 is 58.6 Å². The molecule has 3 aromatic carbocycles. The highest BCUT2D eigenvalue weighted by atomic mass is 16.5. The van der Waals surface area contributed by atoms with Crippen molar-refractivity contribution in [3.05, 3.63) is 131 Å². The molecule has 0 bridgehead atoms. The van der Waals surface area contributed by atoms with Crippen molar-refractivity contribution >= 4 is 58.3 Å². The number of hydrogen-bond acceptors (Lipinski definition) is 14. The molecule has 316 valence electrons. The number of carboxylic acid groups (broad SMARTS) is 1. The topological polar surface area (TPSA) is 309 Å². The minimum absolute atomic E-state index is 0.0443. The maximum Gasteiger partial charge on any atom is 0.339 e. The van der Waals surface area contributed by atoms with E-state index in [-0.39, 0.29) is 57.5 Å². The van der Waals surface area contributed by atoms with Gasteiger partial charge in [0.25, 0.3) is 23.6 Å². The molecule has 6 rings (SSSR count). The average molecular weight is 845 g/mol. The number of aromatic carboxylic acids is 1. The number of amides is 5. The second-order valence-electron chi connectivity index (χ2n) is 13.2. The number of hydrogen-bond donors (Lipinski definition) is 9. The van der Waals surface area contributed by atoms with E-state index in [1.807, 2.05) is 6.92 Å². The lowest BCUT2D eigenvalue weighted by Gasteiger charge is -2.18. The maximum atomic E-state index is 13.5. The van der Waals surface area contributed by atoms with Crippen molar-refractivity contribution < 1.29 is 53.6 Å². The summed E-state index contributed by atoms with van der Waals surface area (Å²) in [6.45, 7) is 1.85. The first-order valence-electron chi connectivity index (χ1n) is 18.2. The van der Waals surface area contributed by atoms with Gasteiger partial charge in [-0.05, 0) is 79.2 Å². The van der Waals surface area contributed by atoms with Gasteiger partial charge in [-0.2, -0.15) is 15.4 Å². The molecular formula is C41H36N10O11. The van der Waals surface area contributed by atoms with Gasteiger partial charge in [-0.3, -0.25) is 29.0 Å². The SMILES string of the molecule is COc1c(NC(=O)c2ccc(NC(=O)c3ccc(NC(=O)C(Cc4cn[nH]n4)NC(=O)c4ccc(NC(=O)c5ccc(C)cn5)cc4)cn3)c(OC)c2O)ccc(C(=O)O)c1O. The molecule has 5 amide bonds. The third kappa shape index (κ3) is 9.86. The summed E-state index contributed by atoms with van der Waals surface area (Å²) in [6.07, 6.45) is 4.13. The average Bonchev–Trinajstić information content (AvgIpc) is 3.77. The molecule has 0 aliphatic rings. The van der Waals surface area contributed by atoms with E-state index in [9.17, 15) is 44.1 Å². The van der Waals surface area contributed by atoms with E-state index in [0.717, 1.165) is 18.7 Å². The summed E-state index contributed by atoms with van der Waals surface area (Å²) >= 11 is 0. The predicted octanol–water partition coefficient (Wildman–Crippen LogP) is 3.77. The molecule has 0 spiro atoms. The minimum atomic E-state index is -1.43. The van der Waals surface area contributed by atoms with Gasteiger partial charge in [0.15, 0.2) is 23.0 Å². The number of aromatic nitrogens is 5. The van der Waals surface area contributed by atoms with Crippen molar-refractivity contribution in [2.45, 2.75) is 19.4 Å². The number of methoxy groups -OCH3 is 2. The summed E-state index contributed by atoms with van der Waals surface area (Å²) in [7, 11) is 2.35. The molecular weight excluding hydrogens is 809 g/mol. The molecule has 0 fully saturated rings. The first-order valence-corrected chi connectivity index (χ1v) is 18.2. The van der Waals surface area contributed by atoms with Gasteiger partial charge in [0.2, 0.25) is 5.91 Å². The fraction of sp³-hybridized carbons (Fsp3) is 0.122. The minimum Gasteiger partial charge on any atom is -0.504 e. The van der Waals surface area contributed by atoms with Crippen molar-refractivity contribution in [3.63, 3.8) is 0 Å². The fourth-order valence-corrected chi connectivity index (χ4v) is 5.80. The standard InChI is InChI=1S/C41H36N10O11/c1-20-4-12-29(42-17-20)38(56)45-22-7-5-21(6-8-22)36(54)49-31(16-24-19-44-51-50-24)40(58)46-23-9-13-30(43-18-23)39(57)48-28-14-10-25(32(52)34(28)61-2)37(55)47-27-15-11-26(41(59)60)33(53)35(27)62-3/h4-15,17-19,31,52-53H,16H2,1-3H3,(H,45,56)(H,46,58)(H,47,55)(H,48,57)(H,49,54)(H,59,60)(H,44,50,51). The number of nitrogens with zero attached hydrogens (tertiary/aromatic N) is 4. The lowest BCUT2D eigenvalue weighted by Crippen LogP contribution is -2.45. The summed E-state index contributed by atoms with van der Waals surface area (Å²) < 4.78 is 10.3. The van der Waals surface area contributed by atoms with Crippen molar-refractivity contribution in [1.29, 1.82) is 0 Å². The van der Waals surface area contributed by atoms with Crippen LogP contribution in [0.1, 0.15) is 63.3 Å². The number of aromatic hydroxyl groups is 2. The van der Waals surface area contributed by atoms with Crippen molar-refractivity contribution in [2.24, 2.45) is 0 Å². The second kappa shape index (κ2) is 18.8. The van der Waals surface area contributed by atoms with Crippen LogP contribution in [0.2, 0.25) is 0 Å².